The molecule has 3 aromatic carbocycles. The van der Waals surface area contributed by atoms with Crippen molar-refractivity contribution in [3.8, 4) is 0 Å². The van der Waals surface area contributed by atoms with Gasteiger partial charge in [0.05, 0.1) is 0 Å². The first kappa shape index (κ1) is 16.7. The molecule has 3 aromatic rings. The van der Waals surface area contributed by atoms with E-state index in [1.165, 1.54) is 22.0 Å². The van der Waals surface area contributed by atoms with E-state index in [2.05, 4.69) is 105 Å². The zero-order chi connectivity index (χ0) is 16.8. The van der Waals surface area contributed by atoms with Crippen LogP contribution in [0.4, 0.5) is 0 Å². The highest BCUT2D eigenvalue weighted by molar-refractivity contribution is 6.85. The largest absolute Gasteiger partial charge is 0.122 e. The van der Waals surface area contributed by atoms with Crippen LogP contribution in [0.25, 0.3) is 0 Å². The molecule has 0 aromatic heterocycles. The van der Waals surface area contributed by atoms with Crippen LogP contribution in [0.1, 0.15) is 25.3 Å². The Bertz CT molecular complexity index is 680. The zero-order valence-electron chi connectivity index (χ0n) is 14.5. The van der Waals surface area contributed by atoms with E-state index in [1.54, 1.807) is 0 Å². The van der Waals surface area contributed by atoms with E-state index in [0.29, 0.717) is 11.8 Å². The molecule has 0 nitrogen and oxygen atoms in total. The van der Waals surface area contributed by atoms with Gasteiger partial charge in [-0.1, -0.05) is 115 Å². The Morgan fingerprint density at radius 3 is 1.46 bits per heavy atom. The molecule has 0 aliphatic rings. The number of rotatable bonds is 6. The first-order chi connectivity index (χ1) is 11.8. The highest BCUT2D eigenvalue weighted by atomic mass is 28.3. The Morgan fingerprint density at radius 1 is 0.625 bits per heavy atom. The Morgan fingerprint density at radius 2 is 1.04 bits per heavy atom. The molecule has 1 atom stereocenters. The highest BCUT2D eigenvalue weighted by Gasteiger charge is 2.25. The van der Waals surface area contributed by atoms with Gasteiger partial charge < -0.3 is 0 Å². The third-order valence-electron chi connectivity index (χ3n) is 4.70. The summed E-state index contributed by atoms with van der Waals surface area (Å²) in [6.45, 7) is 4.71. The van der Waals surface area contributed by atoms with Crippen LogP contribution in [0, 0.1) is 5.92 Å². The minimum Gasteiger partial charge on any atom is -0.0628 e. The van der Waals surface area contributed by atoms with Crippen LogP contribution in [-0.4, -0.2) is 8.80 Å². The molecule has 121 valence electrons. The number of hydrogen-bond donors (Lipinski definition) is 0. The van der Waals surface area contributed by atoms with Gasteiger partial charge in [0.25, 0.3) is 0 Å². The molecule has 0 bridgehead atoms. The molecule has 3 rings (SSSR count). The minimum absolute atomic E-state index is 0.598. The zero-order valence-corrected chi connectivity index (χ0v) is 15.5. The fraction of sp³-hybridized carbons (Fsp3) is 0.217. The lowest BCUT2D eigenvalue weighted by Gasteiger charge is -2.26. The molecule has 0 amide bonds. The van der Waals surface area contributed by atoms with Gasteiger partial charge in [0, 0.05) is 0 Å². The van der Waals surface area contributed by atoms with Crippen molar-refractivity contribution in [3.05, 3.63) is 96.6 Å². The van der Waals surface area contributed by atoms with Crippen LogP contribution in [0.2, 0.25) is 6.04 Å². The molecule has 0 spiro atoms. The lowest BCUT2D eigenvalue weighted by atomic mass is 9.90. The molecule has 1 heteroatoms. The third-order valence-corrected chi connectivity index (χ3v) is 7.61. The van der Waals surface area contributed by atoms with Crippen molar-refractivity contribution in [1.29, 1.82) is 0 Å². The van der Waals surface area contributed by atoms with Crippen LogP contribution >= 0.6 is 0 Å². The van der Waals surface area contributed by atoms with Crippen LogP contribution in [0.5, 0.6) is 0 Å². The molecule has 0 saturated heterocycles. The SMILES string of the molecule is CC(C)[C@H](C[Si](c1ccccc1)c1ccccc1)c1ccccc1. The summed E-state index contributed by atoms with van der Waals surface area (Å²) < 4.78 is 0. The lowest BCUT2D eigenvalue weighted by Crippen LogP contribution is -2.43. The lowest BCUT2D eigenvalue weighted by molar-refractivity contribution is 0.533. The topological polar surface area (TPSA) is 0 Å². The summed E-state index contributed by atoms with van der Waals surface area (Å²) in [5, 5.41) is 3.02. The second-order valence-corrected chi connectivity index (χ2v) is 9.20. The quantitative estimate of drug-likeness (QED) is 0.573. The maximum absolute atomic E-state index is 2.35. The summed E-state index contributed by atoms with van der Waals surface area (Å²) in [5.74, 6) is 1.24. The summed E-state index contributed by atoms with van der Waals surface area (Å²) in [6.07, 6.45) is 0. The predicted octanol–water partition coefficient (Wildman–Crippen LogP) is 4.74. The van der Waals surface area contributed by atoms with Crippen LogP contribution in [0.15, 0.2) is 91.0 Å². The van der Waals surface area contributed by atoms with E-state index in [1.807, 2.05) is 0 Å². The highest BCUT2D eigenvalue weighted by Crippen LogP contribution is 2.29. The average molecular weight is 330 g/mol. The molecule has 0 fully saturated rings. The second kappa shape index (κ2) is 8.12. The van der Waals surface area contributed by atoms with Crippen LogP contribution in [-0.2, 0) is 0 Å². The molecule has 0 heterocycles. The van der Waals surface area contributed by atoms with Gasteiger partial charge in [-0.2, -0.15) is 0 Å². The first-order valence-electron chi connectivity index (χ1n) is 8.77. The molecule has 1 radical (unpaired) electrons. The molecular formula is C23H25Si. The van der Waals surface area contributed by atoms with Gasteiger partial charge in [-0.15, -0.1) is 0 Å². The van der Waals surface area contributed by atoms with Crippen molar-refractivity contribution in [2.45, 2.75) is 25.8 Å². The fourth-order valence-electron chi connectivity index (χ4n) is 3.34. The Kier molecular flexibility index (Phi) is 5.66. The van der Waals surface area contributed by atoms with Crippen molar-refractivity contribution >= 4 is 19.2 Å². The second-order valence-electron chi connectivity index (χ2n) is 6.68. The van der Waals surface area contributed by atoms with Gasteiger partial charge in [0.2, 0.25) is 0 Å². The van der Waals surface area contributed by atoms with Crippen molar-refractivity contribution in [1.82, 2.24) is 0 Å². The minimum atomic E-state index is -0.790. The Balaban J connectivity index is 1.96. The molecular weight excluding hydrogens is 304 g/mol. The molecule has 0 aliphatic carbocycles. The normalized spacial score (nSPS) is 12.5. The van der Waals surface area contributed by atoms with Gasteiger partial charge in [0.1, 0.15) is 8.80 Å². The van der Waals surface area contributed by atoms with E-state index in [4.69, 9.17) is 0 Å². The average Bonchev–Trinajstić information content (AvgIpc) is 2.64. The standard InChI is InChI=1S/C23H25Si/c1-19(2)23(20-12-6-3-7-13-20)18-24(21-14-8-4-9-15-21)22-16-10-5-11-17-22/h3-17,19,23H,18H2,1-2H3/t23-/m0/s1. The van der Waals surface area contributed by atoms with Crippen molar-refractivity contribution in [2.24, 2.45) is 5.92 Å². The van der Waals surface area contributed by atoms with Gasteiger partial charge in [-0.3, -0.25) is 0 Å². The van der Waals surface area contributed by atoms with Crippen LogP contribution < -0.4 is 10.4 Å². The first-order valence-corrected chi connectivity index (χ1v) is 10.5. The number of hydrogen-bond acceptors (Lipinski definition) is 0. The van der Waals surface area contributed by atoms with E-state index in [9.17, 15) is 0 Å². The summed E-state index contributed by atoms with van der Waals surface area (Å²) >= 11 is 0. The van der Waals surface area contributed by atoms with Gasteiger partial charge >= 0.3 is 0 Å². The summed E-state index contributed by atoms with van der Waals surface area (Å²) in [7, 11) is -0.790. The maximum atomic E-state index is 2.35. The van der Waals surface area contributed by atoms with Gasteiger partial charge in [-0.25, -0.2) is 0 Å². The van der Waals surface area contributed by atoms with Crippen LogP contribution in [0.3, 0.4) is 0 Å². The monoisotopic (exact) mass is 329 g/mol. The maximum Gasteiger partial charge on any atom is 0.122 e. The van der Waals surface area contributed by atoms with E-state index < -0.39 is 8.80 Å². The summed E-state index contributed by atoms with van der Waals surface area (Å²) in [5.41, 5.74) is 1.47. The van der Waals surface area contributed by atoms with E-state index in [0.717, 1.165) is 0 Å². The Labute approximate surface area is 147 Å². The molecule has 0 unspecified atom stereocenters. The third kappa shape index (κ3) is 4.04. The van der Waals surface area contributed by atoms with Gasteiger partial charge in [0.15, 0.2) is 0 Å². The van der Waals surface area contributed by atoms with E-state index in [-0.39, 0.29) is 0 Å². The Hall–Kier alpha value is -2.12. The smallest absolute Gasteiger partial charge is 0.0628 e. The van der Waals surface area contributed by atoms with E-state index >= 15 is 0 Å². The molecule has 0 saturated carbocycles. The fourth-order valence-corrected chi connectivity index (χ4v) is 6.48. The van der Waals surface area contributed by atoms with Gasteiger partial charge in [-0.05, 0) is 23.4 Å². The number of benzene rings is 3. The van der Waals surface area contributed by atoms with Crippen molar-refractivity contribution < 1.29 is 0 Å². The summed E-state index contributed by atoms with van der Waals surface area (Å²) in [4.78, 5) is 0. The van der Waals surface area contributed by atoms with Crippen molar-refractivity contribution in [2.75, 3.05) is 0 Å². The molecule has 0 N–H and O–H groups in total. The predicted molar refractivity (Wildman–Crippen MR) is 107 cm³/mol. The summed E-state index contributed by atoms with van der Waals surface area (Å²) in [6, 6.07) is 34.4. The van der Waals surface area contributed by atoms with Crippen molar-refractivity contribution in [3.63, 3.8) is 0 Å². The molecule has 0 aliphatic heterocycles. The molecule has 24 heavy (non-hydrogen) atoms.